The van der Waals surface area contributed by atoms with Crippen molar-refractivity contribution in [3.05, 3.63) is 29.8 Å². The Morgan fingerprint density at radius 3 is 2.94 bits per heavy atom. The first kappa shape index (κ1) is 13.0. The average molecular weight is 249 g/mol. The van der Waals surface area contributed by atoms with E-state index in [1.54, 1.807) is 5.56 Å². The molecule has 0 saturated carbocycles. The molecule has 2 unspecified atom stereocenters. The van der Waals surface area contributed by atoms with Crippen LogP contribution in [-0.2, 0) is 0 Å². The lowest BCUT2D eigenvalue weighted by Gasteiger charge is -2.18. The predicted octanol–water partition coefficient (Wildman–Crippen LogP) is 4.04. The second kappa shape index (κ2) is 6.46. The summed E-state index contributed by atoms with van der Waals surface area (Å²) in [5.41, 5.74) is 1.59. The van der Waals surface area contributed by atoms with Crippen LogP contribution in [-0.4, -0.2) is 18.3 Å². The Kier molecular flexibility index (Phi) is 4.93. The molecule has 0 fully saturated rings. The van der Waals surface area contributed by atoms with Crippen molar-refractivity contribution in [3.8, 4) is 0 Å². The number of rotatable bonds is 6. The Morgan fingerprint density at radius 2 is 2.18 bits per heavy atom. The van der Waals surface area contributed by atoms with E-state index >= 15 is 0 Å². The zero-order valence-corrected chi connectivity index (χ0v) is 11.7. The Labute approximate surface area is 109 Å². The molecule has 0 amide bonds. The largest absolute Gasteiger partial charge is 0.314 e. The van der Waals surface area contributed by atoms with E-state index < -0.39 is 0 Å². The second-order valence-electron chi connectivity index (χ2n) is 4.79. The highest BCUT2D eigenvalue weighted by Crippen LogP contribution is 2.41. The predicted molar refractivity (Wildman–Crippen MR) is 76.9 cm³/mol. The van der Waals surface area contributed by atoms with E-state index in [4.69, 9.17) is 0 Å². The number of benzene rings is 1. The monoisotopic (exact) mass is 249 g/mol. The molecule has 0 bridgehead atoms. The molecule has 1 aromatic rings. The molecule has 1 aliphatic rings. The maximum absolute atomic E-state index is 3.57. The molecular weight excluding hydrogens is 226 g/mol. The minimum absolute atomic E-state index is 0.706. The summed E-state index contributed by atoms with van der Waals surface area (Å²) < 4.78 is 0. The van der Waals surface area contributed by atoms with Crippen LogP contribution in [0.1, 0.15) is 44.6 Å². The highest BCUT2D eigenvalue weighted by atomic mass is 32.2. The lowest BCUT2D eigenvalue weighted by atomic mass is 9.93. The molecule has 2 rings (SSSR count). The van der Waals surface area contributed by atoms with Crippen LogP contribution in [0, 0.1) is 0 Å². The van der Waals surface area contributed by atoms with Crippen LogP contribution >= 0.6 is 11.8 Å². The molecule has 0 aliphatic carbocycles. The number of hydrogen-bond donors (Lipinski definition) is 1. The van der Waals surface area contributed by atoms with E-state index in [2.05, 4.69) is 43.4 Å². The highest BCUT2D eigenvalue weighted by Gasteiger charge is 2.22. The minimum atomic E-state index is 0.706. The maximum atomic E-state index is 3.57. The van der Waals surface area contributed by atoms with Gasteiger partial charge in [0, 0.05) is 16.7 Å². The Morgan fingerprint density at radius 1 is 1.35 bits per heavy atom. The molecule has 2 heteroatoms. The number of nitrogens with one attached hydrogen (secondary N) is 1. The molecule has 0 spiro atoms. The molecule has 1 nitrogen and oxygen atoms in total. The van der Waals surface area contributed by atoms with E-state index in [0.29, 0.717) is 6.04 Å². The quantitative estimate of drug-likeness (QED) is 0.816. The number of hydrogen-bond acceptors (Lipinski definition) is 2. The van der Waals surface area contributed by atoms with Crippen molar-refractivity contribution in [2.75, 3.05) is 12.3 Å². The summed E-state index contributed by atoms with van der Waals surface area (Å²) in [5, 5.41) is 3.57. The van der Waals surface area contributed by atoms with Crippen LogP contribution in [0.2, 0.25) is 0 Å². The highest BCUT2D eigenvalue weighted by molar-refractivity contribution is 7.99. The molecule has 94 valence electrons. The van der Waals surface area contributed by atoms with Gasteiger partial charge in [-0.3, -0.25) is 0 Å². The summed E-state index contributed by atoms with van der Waals surface area (Å²) in [5.74, 6) is 2.06. The topological polar surface area (TPSA) is 12.0 Å². The Bertz CT molecular complexity index is 351. The first-order valence-corrected chi connectivity index (χ1v) is 7.78. The third-order valence-corrected chi connectivity index (χ3v) is 4.90. The van der Waals surface area contributed by atoms with Crippen molar-refractivity contribution in [2.24, 2.45) is 0 Å². The number of fused-ring (bicyclic) bond motifs is 1. The standard InChI is InChI=1S/C15H23NS/c1-3-13(16-4-2)10-9-12-11-17-15-8-6-5-7-14(12)15/h5-8,12-13,16H,3-4,9-11H2,1-2H3. The van der Waals surface area contributed by atoms with Crippen LogP contribution in [0.5, 0.6) is 0 Å². The van der Waals surface area contributed by atoms with Crippen molar-refractivity contribution >= 4 is 11.8 Å². The summed E-state index contributed by atoms with van der Waals surface area (Å²) in [6, 6.07) is 9.62. The van der Waals surface area contributed by atoms with Gasteiger partial charge in [0.1, 0.15) is 0 Å². The summed E-state index contributed by atoms with van der Waals surface area (Å²) in [6.07, 6.45) is 3.88. The summed E-state index contributed by atoms with van der Waals surface area (Å²) in [4.78, 5) is 1.51. The molecule has 0 saturated heterocycles. The minimum Gasteiger partial charge on any atom is -0.314 e. The average Bonchev–Trinajstić information content (AvgIpc) is 2.78. The molecule has 1 aromatic carbocycles. The fourth-order valence-electron chi connectivity index (χ4n) is 2.61. The van der Waals surface area contributed by atoms with Gasteiger partial charge in [-0.1, -0.05) is 32.0 Å². The smallest absolute Gasteiger partial charge is 0.0107 e. The third kappa shape index (κ3) is 3.26. The molecule has 0 aromatic heterocycles. The second-order valence-corrected chi connectivity index (χ2v) is 5.85. The lowest BCUT2D eigenvalue weighted by molar-refractivity contribution is 0.451. The van der Waals surface area contributed by atoms with Crippen molar-refractivity contribution in [3.63, 3.8) is 0 Å². The molecular formula is C15H23NS. The lowest BCUT2D eigenvalue weighted by Crippen LogP contribution is -2.28. The van der Waals surface area contributed by atoms with Gasteiger partial charge in [-0.05, 0) is 43.4 Å². The first-order valence-electron chi connectivity index (χ1n) is 6.80. The summed E-state index contributed by atoms with van der Waals surface area (Å²) in [6.45, 7) is 5.57. The maximum Gasteiger partial charge on any atom is 0.0107 e. The van der Waals surface area contributed by atoms with Crippen molar-refractivity contribution < 1.29 is 0 Å². The Balaban J connectivity index is 1.89. The fraction of sp³-hybridized carbons (Fsp3) is 0.600. The normalized spacial score (nSPS) is 20.2. The molecule has 1 aliphatic heterocycles. The zero-order valence-electron chi connectivity index (χ0n) is 10.9. The summed E-state index contributed by atoms with van der Waals surface area (Å²) in [7, 11) is 0. The SMILES string of the molecule is CCNC(CC)CCC1CSc2ccccc21. The Hall–Kier alpha value is -0.470. The first-order chi connectivity index (χ1) is 8.35. The van der Waals surface area contributed by atoms with Gasteiger partial charge < -0.3 is 5.32 Å². The summed E-state index contributed by atoms with van der Waals surface area (Å²) >= 11 is 2.03. The van der Waals surface area contributed by atoms with Crippen LogP contribution in [0.4, 0.5) is 0 Å². The van der Waals surface area contributed by atoms with Crippen molar-refractivity contribution in [2.45, 2.75) is 50.0 Å². The van der Waals surface area contributed by atoms with Gasteiger partial charge in [-0.15, -0.1) is 11.8 Å². The van der Waals surface area contributed by atoms with E-state index in [-0.39, 0.29) is 0 Å². The van der Waals surface area contributed by atoms with Crippen molar-refractivity contribution in [1.82, 2.24) is 5.32 Å². The van der Waals surface area contributed by atoms with Gasteiger partial charge in [-0.2, -0.15) is 0 Å². The van der Waals surface area contributed by atoms with Gasteiger partial charge in [0.15, 0.2) is 0 Å². The van der Waals surface area contributed by atoms with Gasteiger partial charge in [-0.25, -0.2) is 0 Å². The van der Waals surface area contributed by atoms with Crippen LogP contribution in [0.15, 0.2) is 29.2 Å². The molecule has 1 heterocycles. The van der Waals surface area contributed by atoms with Gasteiger partial charge in [0.25, 0.3) is 0 Å². The van der Waals surface area contributed by atoms with Gasteiger partial charge in [0.2, 0.25) is 0 Å². The third-order valence-electron chi connectivity index (χ3n) is 3.65. The van der Waals surface area contributed by atoms with Crippen molar-refractivity contribution in [1.29, 1.82) is 0 Å². The zero-order chi connectivity index (χ0) is 12.1. The number of thioether (sulfide) groups is 1. The molecule has 1 N–H and O–H groups in total. The molecule has 0 radical (unpaired) electrons. The van der Waals surface area contributed by atoms with Crippen LogP contribution < -0.4 is 5.32 Å². The van der Waals surface area contributed by atoms with E-state index in [0.717, 1.165) is 12.5 Å². The van der Waals surface area contributed by atoms with E-state index in [1.807, 2.05) is 11.8 Å². The van der Waals surface area contributed by atoms with E-state index in [1.165, 1.54) is 29.9 Å². The van der Waals surface area contributed by atoms with Crippen LogP contribution in [0.25, 0.3) is 0 Å². The fourth-order valence-corrected chi connectivity index (χ4v) is 3.91. The van der Waals surface area contributed by atoms with Gasteiger partial charge in [0.05, 0.1) is 0 Å². The molecule has 2 atom stereocenters. The molecule has 17 heavy (non-hydrogen) atoms. The van der Waals surface area contributed by atoms with E-state index in [9.17, 15) is 0 Å². The van der Waals surface area contributed by atoms with Gasteiger partial charge >= 0.3 is 0 Å². The van der Waals surface area contributed by atoms with Crippen LogP contribution in [0.3, 0.4) is 0 Å².